The number of aliphatic hydroxyl groups excluding tert-OH is 1. The van der Waals surface area contributed by atoms with Gasteiger partial charge in [0, 0.05) is 5.75 Å². The molecule has 0 aromatic carbocycles. The second-order valence-corrected chi connectivity index (χ2v) is 7.96. The van der Waals surface area contributed by atoms with Crippen molar-refractivity contribution in [1.29, 1.82) is 0 Å². The minimum atomic E-state index is -1.51. The molecular formula is C19H36N4O6S. The summed E-state index contributed by atoms with van der Waals surface area (Å²) in [5.74, 6) is -3.70. The first-order valence-corrected chi connectivity index (χ1v) is 10.7. The summed E-state index contributed by atoms with van der Waals surface area (Å²) in [5.41, 5.74) is 5.67. The molecule has 7 N–H and O–H groups in total. The Labute approximate surface area is 183 Å². The van der Waals surface area contributed by atoms with Gasteiger partial charge in [-0.2, -0.15) is 12.6 Å². The van der Waals surface area contributed by atoms with Crippen LogP contribution in [0.2, 0.25) is 0 Å². The number of carboxylic acid groups (broad SMARTS) is 1. The van der Waals surface area contributed by atoms with E-state index in [0.29, 0.717) is 12.8 Å². The molecule has 0 heterocycles. The van der Waals surface area contributed by atoms with E-state index in [2.05, 4.69) is 28.6 Å². The van der Waals surface area contributed by atoms with E-state index in [0.717, 1.165) is 0 Å². The van der Waals surface area contributed by atoms with Gasteiger partial charge in [-0.15, -0.1) is 0 Å². The average molecular weight is 449 g/mol. The third kappa shape index (κ3) is 8.49. The third-order valence-corrected chi connectivity index (χ3v) is 5.56. The highest BCUT2D eigenvalue weighted by molar-refractivity contribution is 7.80. The highest BCUT2D eigenvalue weighted by Crippen LogP contribution is 2.13. The van der Waals surface area contributed by atoms with Crippen LogP contribution in [0.5, 0.6) is 0 Å². The van der Waals surface area contributed by atoms with Gasteiger partial charge in [0.1, 0.15) is 12.1 Å². The Balaban J connectivity index is 5.58. The first-order valence-electron chi connectivity index (χ1n) is 10.1. The minimum absolute atomic E-state index is 0.106. The summed E-state index contributed by atoms with van der Waals surface area (Å²) in [5, 5.41) is 26.3. The second kappa shape index (κ2) is 13.5. The monoisotopic (exact) mass is 448 g/mol. The molecule has 0 fully saturated rings. The molecule has 3 amide bonds. The van der Waals surface area contributed by atoms with Crippen molar-refractivity contribution in [2.45, 2.75) is 77.7 Å². The summed E-state index contributed by atoms with van der Waals surface area (Å²) in [4.78, 5) is 49.1. The van der Waals surface area contributed by atoms with Crippen LogP contribution in [0.25, 0.3) is 0 Å². The Morgan fingerprint density at radius 2 is 1.20 bits per heavy atom. The normalized spacial score (nSPS) is 18.1. The molecule has 7 atom stereocenters. The zero-order valence-electron chi connectivity index (χ0n) is 18.2. The van der Waals surface area contributed by atoms with Crippen LogP contribution in [0.3, 0.4) is 0 Å². The van der Waals surface area contributed by atoms with Crippen molar-refractivity contribution in [2.24, 2.45) is 17.6 Å². The van der Waals surface area contributed by atoms with Crippen molar-refractivity contribution in [2.75, 3.05) is 5.75 Å². The maximum Gasteiger partial charge on any atom is 0.328 e. The summed E-state index contributed by atoms with van der Waals surface area (Å²) < 4.78 is 0. The molecule has 30 heavy (non-hydrogen) atoms. The predicted molar refractivity (Wildman–Crippen MR) is 116 cm³/mol. The number of amides is 3. The lowest BCUT2D eigenvalue weighted by Gasteiger charge is -2.30. The maximum absolute atomic E-state index is 12.9. The Morgan fingerprint density at radius 3 is 1.50 bits per heavy atom. The van der Waals surface area contributed by atoms with Gasteiger partial charge in [0.25, 0.3) is 0 Å². The van der Waals surface area contributed by atoms with Gasteiger partial charge in [-0.25, -0.2) is 4.79 Å². The standard InChI is InChI=1S/C19H36N4O6S/c1-6-9(3)13(21-16(25)12(20)8-30)17(26)22-14(10(4)7-2)18(27)23-15(11(5)24)19(28)29/h9-15,24,30H,6-8,20H2,1-5H3,(H,21,25)(H,22,26)(H,23,27)(H,28,29). The van der Waals surface area contributed by atoms with E-state index in [9.17, 15) is 29.4 Å². The fraction of sp³-hybridized carbons (Fsp3) is 0.789. The van der Waals surface area contributed by atoms with Crippen LogP contribution in [-0.4, -0.2) is 69.9 Å². The lowest BCUT2D eigenvalue weighted by atomic mass is 9.94. The van der Waals surface area contributed by atoms with Gasteiger partial charge in [-0.1, -0.05) is 40.5 Å². The molecule has 0 radical (unpaired) electrons. The van der Waals surface area contributed by atoms with E-state index >= 15 is 0 Å². The number of carbonyl (C=O) groups is 4. The van der Waals surface area contributed by atoms with Crippen molar-refractivity contribution < 1.29 is 29.4 Å². The van der Waals surface area contributed by atoms with Gasteiger partial charge in [0.15, 0.2) is 6.04 Å². The van der Waals surface area contributed by atoms with Crippen LogP contribution in [0.4, 0.5) is 0 Å². The smallest absolute Gasteiger partial charge is 0.328 e. The van der Waals surface area contributed by atoms with Crippen molar-refractivity contribution in [1.82, 2.24) is 16.0 Å². The topological polar surface area (TPSA) is 171 Å². The largest absolute Gasteiger partial charge is 0.480 e. The molecular weight excluding hydrogens is 412 g/mol. The number of hydrogen-bond acceptors (Lipinski definition) is 7. The number of hydrogen-bond donors (Lipinski definition) is 7. The summed E-state index contributed by atoms with van der Waals surface area (Å²) >= 11 is 3.98. The number of thiol groups is 1. The number of aliphatic hydroxyl groups is 1. The second-order valence-electron chi connectivity index (χ2n) is 7.60. The van der Waals surface area contributed by atoms with E-state index < -0.39 is 54.0 Å². The number of nitrogens with two attached hydrogens (primary N) is 1. The zero-order valence-corrected chi connectivity index (χ0v) is 19.1. The van der Waals surface area contributed by atoms with Crippen LogP contribution in [0, 0.1) is 11.8 Å². The molecule has 0 aliphatic carbocycles. The lowest BCUT2D eigenvalue weighted by Crippen LogP contribution is -2.60. The lowest BCUT2D eigenvalue weighted by molar-refractivity contribution is -0.145. The van der Waals surface area contributed by atoms with Crippen LogP contribution < -0.4 is 21.7 Å². The first-order chi connectivity index (χ1) is 13.9. The Bertz CT molecular complexity index is 604. The van der Waals surface area contributed by atoms with E-state index in [-0.39, 0.29) is 17.6 Å². The summed E-state index contributed by atoms with van der Waals surface area (Å²) in [6.45, 7) is 8.43. The number of aliphatic carboxylic acids is 1. The minimum Gasteiger partial charge on any atom is -0.480 e. The SMILES string of the molecule is CCC(C)C(NC(=O)C(N)CS)C(=O)NC(C(=O)NC(C(=O)O)C(C)O)C(C)CC. The van der Waals surface area contributed by atoms with E-state index in [4.69, 9.17) is 5.73 Å². The Kier molecular flexibility index (Phi) is 12.6. The van der Waals surface area contributed by atoms with Gasteiger partial charge in [0.05, 0.1) is 12.1 Å². The van der Waals surface area contributed by atoms with Crippen molar-refractivity contribution in [3.05, 3.63) is 0 Å². The Hall–Kier alpha value is -1.85. The van der Waals surface area contributed by atoms with E-state index in [1.54, 1.807) is 13.8 Å². The summed E-state index contributed by atoms with van der Waals surface area (Å²) in [6, 6.07) is -4.38. The molecule has 7 unspecified atom stereocenters. The molecule has 0 aromatic heterocycles. The highest BCUT2D eigenvalue weighted by atomic mass is 32.1. The molecule has 0 bridgehead atoms. The van der Waals surface area contributed by atoms with Gasteiger partial charge in [-0.05, 0) is 18.8 Å². The molecule has 0 saturated heterocycles. The first kappa shape index (κ1) is 28.1. The van der Waals surface area contributed by atoms with Crippen LogP contribution in [0.1, 0.15) is 47.5 Å². The molecule has 0 saturated carbocycles. The van der Waals surface area contributed by atoms with Crippen LogP contribution in [0.15, 0.2) is 0 Å². The van der Waals surface area contributed by atoms with E-state index in [1.807, 2.05) is 13.8 Å². The molecule has 0 aromatic rings. The molecule has 0 spiro atoms. The fourth-order valence-corrected chi connectivity index (χ4v) is 2.79. The molecule has 0 aliphatic rings. The van der Waals surface area contributed by atoms with Crippen molar-refractivity contribution >= 4 is 36.3 Å². The van der Waals surface area contributed by atoms with Crippen LogP contribution in [-0.2, 0) is 19.2 Å². The van der Waals surface area contributed by atoms with Gasteiger partial charge in [0.2, 0.25) is 17.7 Å². The number of nitrogens with one attached hydrogen (secondary N) is 3. The molecule has 0 rings (SSSR count). The molecule has 174 valence electrons. The third-order valence-electron chi connectivity index (χ3n) is 5.17. The zero-order chi connectivity index (χ0) is 23.6. The van der Waals surface area contributed by atoms with Gasteiger partial charge in [-0.3, -0.25) is 14.4 Å². The quantitative estimate of drug-likeness (QED) is 0.182. The highest BCUT2D eigenvalue weighted by Gasteiger charge is 2.35. The van der Waals surface area contributed by atoms with Crippen LogP contribution >= 0.6 is 12.6 Å². The fourth-order valence-electron chi connectivity index (χ4n) is 2.62. The van der Waals surface area contributed by atoms with Crippen molar-refractivity contribution in [3.63, 3.8) is 0 Å². The number of rotatable bonds is 13. The summed E-state index contributed by atoms with van der Waals surface area (Å²) in [7, 11) is 0. The van der Waals surface area contributed by atoms with Gasteiger partial charge < -0.3 is 31.9 Å². The predicted octanol–water partition coefficient (Wildman–Crippen LogP) is -0.744. The number of carboxylic acids is 1. The maximum atomic E-state index is 12.9. The molecule has 10 nitrogen and oxygen atoms in total. The molecule has 11 heteroatoms. The average Bonchev–Trinajstić information content (AvgIpc) is 2.70. The number of carbonyl (C=O) groups excluding carboxylic acids is 3. The molecule has 0 aliphatic heterocycles. The summed E-state index contributed by atoms with van der Waals surface area (Å²) in [6.07, 6.45) is -0.220. The Morgan fingerprint density at radius 1 is 0.833 bits per heavy atom. The van der Waals surface area contributed by atoms with E-state index in [1.165, 1.54) is 6.92 Å². The van der Waals surface area contributed by atoms with Crippen molar-refractivity contribution in [3.8, 4) is 0 Å². The van der Waals surface area contributed by atoms with Gasteiger partial charge >= 0.3 is 5.97 Å².